The standard InChI is InChI=1S/C18H23FN4O5S/c1-3-18(2)16(25)23(17(26)20-18)21-15(24)12-8-10-22(11-9-12)29(27,28)14-6-4-13(19)5-7-14/h4-7,12H,3,8-11H2,1-2H3,(H,20,26)(H,21,24). The summed E-state index contributed by atoms with van der Waals surface area (Å²) in [5.74, 6) is -2.11. The zero-order valence-corrected chi connectivity index (χ0v) is 17.0. The summed E-state index contributed by atoms with van der Waals surface area (Å²) in [5.41, 5.74) is 1.29. The molecule has 1 aromatic rings. The maximum atomic E-state index is 13.0. The van der Waals surface area contributed by atoms with Crippen molar-refractivity contribution < 1.29 is 27.2 Å². The molecule has 158 valence electrons. The molecule has 0 saturated carbocycles. The predicted octanol–water partition coefficient (Wildman–Crippen LogP) is 0.978. The van der Waals surface area contributed by atoms with Crippen LogP contribution in [0.15, 0.2) is 29.2 Å². The minimum absolute atomic E-state index is 0.0139. The van der Waals surface area contributed by atoms with E-state index in [0.29, 0.717) is 11.4 Å². The normalized spacial score (nSPS) is 23.9. The summed E-state index contributed by atoms with van der Waals surface area (Å²) in [6, 6.07) is 3.87. The van der Waals surface area contributed by atoms with E-state index in [-0.39, 0.29) is 30.8 Å². The molecule has 11 heteroatoms. The molecule has 0 radical (unpaired) electrons. The number of carbonyl (C=O) groups excluding carboxylic acids is 3. The number of nitrogens with zero attached hydrogens (tertiary/aromatic N) is 2. The molecular formula is C18H23FN4O5S. The molecule has 2 aliphatic rings. The zero-order valence-electron chi connectivity index (χ0n) is 16.1. The van der Waals surface area contributed by atoms with E-state index in [1.54, 1.807) is 13.8 Å². The Bertz CT molecular complexity index is 928. The highest BCUT2D eigenvalue weighted by Crippen LogP contribution is 2.25. The smallest absolute Gasteiger partial charge is 0.322 e. The first-order valence-electron chi connectivity index (χ1n) is 9.31. The van der Waals surface area contributed by atoms with Crippen LogP contribution in [0, 0.1) is 11.7 Å². The first-order valence-corrected chi connectivity index (χ1v) is 10.8. The number of rotatable bonds is 5. The number of hydrazine groups is 1. The Balaban J connectivity index is 1.61. The second kappa shape index (κ2) is 7.71. The summed E-state index contributed by atoms with van der Waals surface area (Å²) < 4.78 is 39.6. The molecule has 2 saturated heterocycles. The van der Waals surface area contributed by atoms with Crippen LogP contribution in [0.2, 0.25) is 0 Å². The SMILES string of the molecule is CCC1(C)NC(=O)N(NC(=O)C2CCN(S(=O)(=O)c3ccc(F)cc3)CC2)C1=O. The van der Waals surface area contributed by atoms with Crippen LogP contribution in [0.5, 0.6) is 0 Å². The Morgan fingerprint density at radius 1 is 1.24 bits per heavy atom. The van der Waals surface area contributed by atoms with Gasteiger partial charge in [-0.3, -0.25) is 15.0 Å². The molecule has 0 bridgehead atoms. The highest BCUT2D eigenvalue weighted by Gasteiger charge is 2.48. The van der Waals surface area contributed by atoms with Crippen molar-refractivity contribution in [1.29, 1.82) is 0 Å². The van der Waals surface area contributed by atoms with Crippen molar-refractivity contribution >= 4 is 27.9 Å². The third kappa shape index (κ3) is 3.97. The molecule has 2 aliphatic heterocycles. The van der Waals surface area contributed by atoms with Crippen molar-refractivity contribution in [3.63, 3.8) is 0 Å². The van der Waals surface area contributed by atoms with Gasteiger partial charge in [0.25, 0.3) is 5.91 Å². The molecule has 2 heterocycles. The van der Waals surface area contributed by atoms with Crippen LogP contribution >= 0.6 is 0 Å². The maximum Gasteiger partial charge on any atom is 0.344 e. The van der Waals surface area contributed by atoms with Gasteiger partial charge in [0.15, 0.2) is 0 Å². The van der Waals surface area contributed by atoms with Crippen molar-refractivity contribution in [3.05, 3.63) is 30.1 Å². The van der Waals surface area contributed by atoms with Gasteiger partial charge in [0, 0.05) is 19.0 Å². The Morgan fingerprint density at radius 2 is 1.83 bits per heavy atom. The number of urea groups is 1. The van der Waals surface area contributed by atoms with E-state index >= 15 is 0 Å². The van der Waals surface area contributed by atoms with Gasteiger partial charge in [-0.1, -0.05) is 6.92 Å². The lowest BCUT2D eigenvalue weighted by Gasteiger charge is -2.31. The van der Waals surface area contributed by atoms with Gasteiger partial charge in [-0.2, -0.15) is 9.31 Å². The molecule has 0 aliphatic carbocycles. The lowest BCUT2D eigenvalue weighted by molar-refractivity contribution is -0.140. The highest BCUT2D eigenvalue weighted by molar-refractivity contribution is 7.89. The van der Waals surface area contributed by atoms with E-state index in [9.17, 15) is 27.2 Å². The monoisotopic (exact) mass is 426 g/mol. The van der Waals surface area contributed by atoms with Gasteiger partial charge in [-0.05, 0) is 50.5 Å². The van der Waals surface area contributed by atoms with Gasteiger partial charge in [-0.15, -0.1) is 0 Å². The van der Waals surface area contributed by atoms with Crippen molar-refractivity contribution in [2.24, 2.45) is 5.92 Å². The Labute approximate surface area is 168 Å². The Morgan fingerprint density at radius 3 is 2.34 bits per heavy atom. The highest BCUT2D eigenvalue weighted by atomic mass is 32.2. The fraction of sp³-hybridized carbons (Fsp3) is 0.500. The van der Waals surface area contributed by atoms with Crippen molar-refractivity contribution in [1.82, 2.24) is 20.1 Å². The quantitative estimate of drug-likeness (QED) is 0.681. The number of piperidine rings is 1. The van der Waals surface area contributed by atoms with Gasteiger partial charge in [0.1, 0.15) is 11.4 Å². The summed E-state index contributed by atoms with van der Waals surface area (Å²) in [7, 11) is -3.78. The fourth-order valence-electron chi connectivity index (χ4n) is 3.34. The number of hydrogen-bond acceptors (Lipinski definition) is 5. The summed E-state index contributed by atoms with van der Waals surface area (Å²) in [4.78, 5) is 36.9. The number of carbonyl (C=O) groups is 3. The van der Waals surface area contributed by atoms with Gasteiger partial charge in [-0.25, -0.2) is 17.6 Å². The lowest BCUT2D eigenvalue weighted by atomic mass is 9.97. The number of halogens is 1. The topological polar surface area (TPSA) is 116 Å². The largest absolute Gasteiger partial charge is 0.344 e. The molecule has 9 nitrogen and oxygen atoms in total. The molecule has 0 aromatic heterocycles. The summed E-state index contributed by atoms with van der Waals surface area (Å²) >= 11 is 0. The molecule has 1 aromatic carbocycles. The minimum atomic E-state index is -3.78. The van der Waals surface area contributed by atoms with Crippen molar-refractivity contribution in [2.75, 3.05) is 13.1 Å². The lowest BCUT2D eigenvalue weighted by Crippen LogP contribution is -2.51. The van der Waals surface area contributed by atoms with E-state index in [4.69, 9.17) is 0 Å². The van der Waals surface area contributed by atoms with Crippen LogP contribution in [0.3, 0.4) is 0 Å². The van der Waals surface area contributed by atoms with Crippen LogP contribution < -0.4 is 10.7 Å². The molecule has 29 heavy (non-hydrogen) atoms. The molecule has 2 fully saturated rings. The van der Waals surface area contributed by atoms with Crippen LogP contribution in [-0.2, 0) is 19.6 Å². The summed E-state index contributed by atoms with van der Waals surface area (Å²) in [6.45, 7) is 3.54. The van der Waals surface area contributed by atoms with E-state index in [2.05, 4.69) is 10.7 Å². The number of hydrogen-bond donors (Lipinski definition) is 2. The van der Waals surface area contributed by atoms with E-state index in [1.807, 2.05) is 0 Å². The van der Waals surface area contributed by atoms with E-state index in [1.165, 1.54) is 16.4 Å². The molecule has 1 unspecified atom stereocenters. The predicted molar refractivity (Wildman–Crippen MR) is 100 cm³/mol. The van der Waals surface area contributed by atoms with E-state index in [0.717, 1.165) is 12.1 Å². The number of amides is 4. The van der Waals surface area contributed by atoms with Gasteiger partial charge >= 0.3 is 6.03 Å². The molecule has 3 rings (SSSR count). The average molecular weight is 426 g/mol. The van der Waals surface area contributed by atoms with Crippen LogP contribution in [-0.4, -0.2) is 54.2 Å². The molecule has 4 amide bonds. The number of sulfonamides is 1. The average Bonchev–Trinajstić information content (AvgIpc) is 2.92. The molecule has 1 atom stereocenters. The van der Waals surface area contributed by atoms with Crippen LogP contribution in [0.4, 0.5) is 9.18 Å². The third-order valence-corrected chi connectivity index (χ3v) is 7.38. The summed E-state index contributed by atoms with van der Waals surface area (Å²) in [6.07, 6.45) is 0.853. The number of benzene rings is 1. The Hall–Kier alpha value is -2.53. The van der Waals surface area contributed by atoms with Gasteiger partial charge < -0.3 is 5.32 Å². The molecule has 2 N–H and O–H groups in total. The molecular weight excluding hydrogens is 403 g/mol. The first kappa shape index (κ1) is 21.2. The minimum Gasteiger partial charge on any atom is -0.322 e. The maximum absolute atomic E-state index is 13.0. The van der Waals surface area contributed by atoms with Crippen LogP contribution in [0.1, 0.15) is 33.1 Å². The van der Waals surface area contributed by atoms with Crippen LogP contribution in [0.25, 0.3) is 0 Å². The van der Waals surface area contributed by atoms with Gasteiger partial charge in [0.05, 0.1) is 4.90 Å². The van der Waals surface area contributed by atoms with Crippen molar-refractivity contribution in [2.45, 2.75) is 43.5 Å². The first-order chi connectivity index (χ1) is 13.6. The number of imide groups is 1. The zero-order chi connectivity index (χ0) is 21.4. The second-order valence-electron chi connectivity index (χ2n) is 7.36. The third-order valence-electron chi connectivity index (χ3n) is 5.47. The fourth-order valence-corrected chi connectivity index (χ4v) is 4.81. The number of nitrogens with one attached hydrogen (secondary N) is 2. The molecule has 0 spiro atoms. The summed E-state index contributed by atoms with van der Waals surface area (Å²) in [5, 5.41) is 3.23. The van der Waals surface area contributed by atoms with E-state index < -0.39 is 45.1 Å². The van der Waals surface area contributed by atoms with Crippen molar-refractivity contribution in [3.8, 4) is 0 Å². The Kier molecular flexibility index (Phi) is 5.63. The van der Waals surface area contributed by atoms with Gasteiger partial charge in [0.2, 0.25) is 15.9 Å². The second-order valence-corrected chi connectivity index (χ2v) is 9.30.